The minimum atomic E-state index is -0.563. The van der Waals surface area contributed by atoms with Crippen LogP contribution in [0.15, 0.2) is 48.5 Å². The van der Waals surface area contributed by atoms with Crippen LogP contribution in [0.1, 0.15) is 21.5 Å². The van der Waals surface area contributed by atoms with E-state index in [2.05, 4.69) is 10.1 Å². The van der Waals surface area contributed by atoms with E-state index in [0.717, 1.165) is 11.1 Å². The molecular formula is C19H19NO5. The van der Waals surface area contributed by atoms with E-state index in [4.69, 9.17) is 4.74 Å². The molecule has 0 aliphatic carbocycles. The number of amides is 1. The van der Waals surface area contributed by atoms with Crippen molar-refractivity contribution in [2.24, 2.45) is 0 Å². The van der Waals surface area contributed by atoms with Gasteiger partial charge in [-0.2, -0.15) is 0 Å². The van der Waals surface area contributed by atoms with Crippen molar-refractivity contribution in [1.82, 2.24) is 0 Å². The number of hydrogen-bond acceptors (Lipinski definition) is 5. The fraction of sp³-hybridized carbons (Fsp3) is 0.211. The van der Waals surface area contributed by atoms with Gasteiger partial charge in [-0.3, -0.25) is 9.59 Å². The van der Waals surface area contributed by atoms with Crippen molar-refractivity contribution in [3.05, 3.63) is 65.2 Å². The Morgan fingerprint density at radius 3 is 2.52 bits per heavy atom. The molecule has 0 bridgehead atoms. The topological polar surface area (TPSA) is 81.7 Å². The van der Waals surface area contributed by atoms with E-state index in [1.54, 1.807) is 18.2 Å². The van der Waals surface area contributed by atoms with Crippen LogP contribution in [0, 0.1) is 6.92 Å². The second-order valence-corrected chi connectivity index (χ2v) is 5.41. The number of nitrogens with one attached hydrogen (secondary N) is 1. The smallest absolute Gasteiger partial charge is 0.339 e. The molecule has 0 atom stereocenters. The van der Waals surface area contributed by atoms with Gasteiger partial charge in [-0.1, -0.05) is 42.0 Å². The van der Waals surface area contributed by atoms with Gasteiger partial charge < -0.3 is 14.8 Å². The van der Waals surface area contributed by atoms with Crippen LogP contribution in [0.25, 0.3) is 0 Å². The highest BCUT2D eigenvalue weighted by Crippen LogP contribution is 2.15. The minimum Gasteiger partial charge on any atom is -0.465 e. The highest BCUT2D eigenvalue weighted by Gasteiger charge is 2.14. The predicted molar refractivity (Wildman–Crippen MR) is 92.3 cm³/mol. The summed E-state index contributed by atoms with van der Waals surface area (Å²) in [6, 6.07) is 13.9. The lowest BCUT2D eigenvalue weighted by atomic mass is 10.1. The number of carbonyl (C=O) groups excluding carboxylic acids is 3. The van der Waals surface area contributed by atoms with Gasteiger partial charge in [-0.15, -0.1) is 0 Å². The summed E-state index contributed by atoms with van der Waals surface area (Å²) < 4.78 is 9.64. The predicted octanol–water partition coefficient (Wildman–Crippen LogP) is 2.51. The summed E-state index contributed by atoms with van der Waals surface area (Å²) >= 11 is 0. The Hall–Kier alpha value is -3.15. The second-order valence-electron chi connectivity index (χ2n) is 5.41. The zero-order valence-electron chi connectivity index (χ0n) is 14.1. The van der Waals surface area contributed by atoms with E-state index in [9.17, 15) is 14.4 Å². The number of ether oxygens (including phenoxy) is 2. The molecule has 0 fully saturated rings. The molecule has 25 heavy (non-hydrogen) atoms. The quantitative estimate of drug-likeness (QED) is 0.817. The SMILES string of the molecule is COC(=O)c1ccccc1NC(=O)COC(=O)Cc1cccc(C)c1. The minimum absolute atomic E-state index is 0.0910. The van der Waals surface area contributed by atoms with Gasteiger partial charge in [0, 0.05) is 0 Å². The number of carbonyl (C=O) groups is 3. The van der Waals surface area contributed by atoms with E-state index in [-0.39, 0.29) is 12.0 Å². The molecular weight excluding hydrogens is 322 g/mol. The lowest BCUT2D eigenvalue weighted by Crippen LogP contribution is -2.22. The van der Waals surface area contributed by atoms with Crippen LogP contribution in [-0.4, -0.2) is 31.6 Å². The number of anilines is 1. The Labute approximate surface area is 145 Å². The van der Waals surface area contributed by atoms with Gasteiger partial charge in [0.05, 0.1) is 24.8 Å². The highest BCUT2D eigenvalue weighted by molar-refractivity contribution is 6.01. The Kier molecular flexibility index (Phi) is 6.28. The van der Waals surface area contributed by atoms with Gasteiger partial charge in [-0.05, 0) is 24.6 Å². The lowest BCUT2D eigenvalue weighted by Gasteiger charge is -2.10. The van der Waals surface area contributed by atoms with Crippen molar-refractivity contribution in [1.29, 1.82) is 0 Å². The van der Waals surface area contributed by atoms with Crippen molar-refractivity contribution >= 4 is 23.5 Å². The number of rotatable bonds is 6. The number of benzene rings is 2. The first-order valence-electron chi connectivity index (χ1n) is 7.68. The summed E-state index contributed by atoms with van der Waals surface area (Å²) in [5, 5.41) is 2.54. The number of aryl methyl sites for hydroxylation is 1. The third-order valence-electron chi connectivity index (χ3n) is 3.40. The first-order valence-corrected chi connectivity index (χ1v) is 7.68. The maximum absolute atomic E-state index is 11.9. The second kappa shape index (κ2) is 8.63. The highest BCUT2D eigenvalue weighted by atomic mass is 16.5. The van der Waals surface area contributed by atoms with Gasteiger partial charge in [0.1, 0.15) is 0 Å². The molecule has 0 saturated carbocycles. The molecule has 6 nitrogen and oxygen atoms in total. The molecule has 0 radical (unpaired) electrons. The normalized spacial score (nSPS) is 10.0. The van der Waals surface area contributed by atoms with Crippen LogP contribution < -0.4 is 5.32 Å². The zero-order valence-corrected chi connectivity index (χ0v) is 14.1. The Balaban J connectivity index is 1.89. The van der Waals surface area contributed by atoms with Gasteiger partial charge in [0.15, 0.2) is 6.61 Å². The molecule has 0 aliphatic rings. The molecule has 1 N–H and O–H groups in total. The van der Waals surface area contributed by atoms with Gasteiger partial charge in [0.25, 0.3) is 5.91 Å². The molecule has 0 saturated heterocycles. The summed E-state index contributed by atoms with van der Waals surface area (Å²) in [5.74, 6) is -1.59. The summed E-state index contributed by atoms with van der Waals surface area (Å²) in [4.78, 5) is 35.4. The van der Waals surface area contributed by atoms with Crippen molar-refractivity contribution in [3.8, 4) is 0 Å². The van der Waals surface area contributed by atoms with E-state index in [1.807, 2.05) is 31.2 Å². The summed E-state index contributed by atoms with van der Waals surface area (Å²) in [5.41, 5.74) is 2.39. The first-order chi connectivity index (χ1) is 12.0. The molecule has 0 aromatic heterocycles. The fourth-order valence-electron chi connectivity index (χ4n) is 2.25. The summed E-state index contributed by atoms with van der Waals surface area (Å²) in [6.45, 7) is 1.50. The molecule has 0 unspecified atom stereocenters. The van der Waals surface area contributed by atoms with Crippen molar-refractivity contribution < 1.29 is 23.9 Å². The molecule has 2 aromatic carbocycles. The van der Waals surface area contributed by atoms with Crippen LogP contribution in [-0.2, 0) is 25.5 Å². The largest absolute Gasteiger partial charge is 0.465 e. The fourth-order valence-corrected chi connectivity index (χ4v) is 2.25. The molecule has 2 aromatic rings. The van der Waals surface area contributed by atoms with Crippen LogP contribution in [0.3, 0.4) is 0 Å². The van der Waals surface area contributed by atoms with Crippen molar-refractivity contribution in [2.45, 2.75) is 13.3 Å². The molecule has 0 aliphatic heterocycles. The van der Waals surface area contributed by atoms with E-state index in [0.29, 0.717) is 5.69 Å². The van der Waals surface area contributed by atoms with E-state index < -0.39 is 24.5 Å². The Morgan fingerprint density at radius 2 is 1.80 bits per heavy atom. The average Bonchev–Trinajstić information content (AvgIpc) is 2.60. The van der Waals surface area contributed by atoms with Crippen LogP contribution >= 0.6 is 0 Å². The molecule has 130 valence electrons. The van der Waals surface area contributed by atoms with Crippen molar-refractivity contribution in [3.63, 3.8) is 0 Å². The molecule has 0 spiro atoms. The maximum Gasteiger partial charge on any atom is 0.339 e. The van der Waals surface area contributed by atoms with Crippen molar-refractivity contribution in [2.75, 3.05) is 19.0 Å². The Morgan fingerprint density at radius 1 is 1.04 bits per heavy atom. The zero-order chi connectivity index (χ0) is 18.2. The summed E-state index contributed by atoms with van der Waals surface area (Å²) in [6.07, 6.45) is 0.0910. The van der Waals surface area contributed by atoms with E-state index in [1.165, 1.54) is 13.2 Å². The molecule has 0 heterocycles. The lowest BCUT2D eigenvalue weighted by molar-refractivity contribution is -0.146. The monoisotopic (exact) mass is 341 g/mol. The van der Waals surface area contributed by atoms with Gasteiger partial charge >= 0.3 is 11.9 Å². The maximum atomic E-state index is 11.9. The molecule has 2 rings (SSSR count). The van der Waals surface area contributed by atoms with Crippen LogP contribution in [0.5, 0.6) is 0 Å². The third kappa shape index (κ3) is 5.46. The standard InChI is InChI=1S/C19H19NO5/c1-13-6-5-7-14(10-13)11-18(22)25-12-17(21)20-16-9-4-3-8-15(16)19(23)24-2/h3-10H,11-12H2,1-2H3,(H,20,21). The first kappa shape index (κ1) is 18.2. The van der Waals surface area contributed by atoms with Gasteiger partial charge in [-0.25, -0.2) is 4.79 Å². The van der Waals surface area contributed by atoms with E-state index >= 15 is 0 Å². The number of esters is 2. The Bertz CT molecular complexity index is 785. The molecule has 6 heteroatoms. The third-order valence-corrected chi connectivity index (χ3v) is 3.40. The van der Waals surface area contributed by atoms with Crippen LogP contribution in [0.2, 0.25) is 0 Å². The number of para-hydroxylation sites is 1. The van der Waals surface area contributed by atoms with Crippen LogP contribution in [0.4, 0.5) is 5.69 Å². The average molecular weight is 341 g/mol. The van der Waals surface area contributed by atoms with Gasteiger partial charge in [0.2, 0.25) is 0 Å². The summed E-state index contributed by atoms with van der Waals surface area (Å²) in [7, 11) is 1.26. The number of methoxy groups -OCH3 is 1. The number of hydrogen-bond donors (Lipinski definition) is 1. The molecule has 1 amide bonds.